The number of phenolic OH excluding ortho intramolecular Hbond substituents is 1. The van der Waals surface area contributed by atoms with Crippen LogP contribution in [0.4, 0.5) is 0 Å². The molecule has 3 rings (SSSR count). The number of nitrogens with zero attached hydrogens (tertiary/aromatic N) is 1. The van der Waals surface area contributed by atoms with Gasteiger partial charge in [-0.2, -0.15) is 5.26 Å². The number of phenols is 1. The molecule has 0 aliphatic carbocycles. The average Bonchev–Trinajstić information content (AvgIpc) is 2.45. The third kappa shape index (κ3) is 2.28. The Morgan fingerprint density at radius 3 is 2.76 bits per heavy atom. The van der Waals surface area contributed by atoms with Gasteiger partial charge in [0.2, 0.25) is 5.88 Å². The first-order valence-electron chi connectivity index (χ1n) is 6.26. The van der Waals surface area contributed by atoms with Crippen LogP contribution in [-0.2, 0) is 0 Å². The van der Waals surface area contributed by atoms with Crippen LogP contribution in [0.3, 0.4) is 0 Å². The van der Waals surface area contributed by atoms with Crippen molar-refractivity contribution in [3.8, 4) is 17.6 Å². The quantitative estimate of drug-likeness (QED) is 0.847. The Kier molecular flexibility index (Phi) is 3.20. The predicted octanol–water partition coefficient (Wildman–Crippen LogP) is 3.26. The zero-order chi connectivity index (χ0) is 15.0. The van der Waals surface area contributed by atoms with Gasteiger partial charge >= 0.3 is 0 Å². The second-order valence-electron chi connectivity index (χ2n) is 4.70. The molecule has 1 aliphatic heterocycles. The fraction of sp³-hybridized carbons (Fsp3) is 0.0625. The summed E-state index contributed by atoms with van der Waals surface area (Å²) in [5, 5.41) is 19.5. The minimum Gasteiger partial charge on any atom is -0.508 e. The van der Waals surface area contributed by atoms with E-state index in [-0.39, 0.29) is 17.6 Å². The molecule has 0 aromatic heterocycles. The summed E-state index contributed by atoms with van der Waals surface area (Å²) in [5.41, 5.74) is 7.78. The van der Waals surface area contributed by atoms with E-state index in [4.69, 9.17) is 22.1 Å². The van der Waals surface area contributed by atoms with E-state index in [1.54, 1.807) is 24.3 Å². The Bertz CT molecular complexity index is 793. The van der Waals surface area contributed by atoms with E-state index < -0.39 is 0 Å². The average molecular weight is 299 g/mol. The van der Waals surface area contributed by atoms with Gasteiger partial charge in [0.15, 0.2) is 0 Å². The van der Waals surface area contributed by atoms with Gasteiger partial charge in [0.25, 0.3) is 0 Å². The molecule has 2 aromatic carbocycles. The van der Waals surface area contributed by atoms with Crippen molar-refractivity contribution in [2.75, 3.05) is 0 Å². The number of hydrogen-bond donors (Lipinski definition) is 2. The molecule has 0 unspecified atom stereocenters. The first-order chi connectivity index (χ1) is 10.1. The van der Waals surface area contributed by atoms with E-state index in [1.807, 2.05) is 12.1 Å². The van der Waals surface area contributed by atoms with Crippen LogP contribution in [0, 0.1) is 11.3 Å². The fourth-order valence-electron chi connectivity index (χ4n) is 2.47. The van der Waals surface area contributed by atoms with Crippen LogP contribution < -0.4 is 10.5 Å². The number of ether oxygens (including phenoxy) is 1. The molecule has 0 saturated carbocycles. The number of nitrogens with two attached hydrogens (primary N) is 1. The lowest BCUT2D eigenvalue weighted by atomic mass is 9.83. The van der Waals surface area contributed by atoms with Gasteiger partial charge in [-0.05, 0) is 23.8 Å². The lowest BCUT2D eigenvalue weighted by Crippen LogP contribution is -2.20. The summed E-state index contributed by atoms with van der Waals surface area (Å²) in [4.78, 5) is 0. The summed E-state index contributed by atoms with van der Waals surface area (Å²) in [6.45, 7) is 0. The summed E-state index contributed by atoms with van der Waals surface area (Å²) in [5.74, 6) is 0.196. The molecule has 4 nitrogen and oxygen atoms in total. The molecule has 0 amide bonds. The van der Waals surface area contributed by atoms with Gasteiger partial charge < -0.3 is 15.6 Å². The Balaban J connectivity index is 2.24. The summed E-state index contributed by atoms with van der Waals surface area (Å²) in [6, 6.07) is 14.1. The van der Waals surface area contributed by atoms with E-state index in [1.165, 1.54) is 6.07 Å². The minimum atomic E-state index is -0.363. The Morgan fingerprint density at radius 2 is 2.05 bits per heavy atom. The molecule has 21 heavy (non-hydrogen) atoms. The summed E-state index contributed by atoms with van der Waals surface area (Å²) in [6.07, 6.45) is 0. The van der Waals surface area contributed by atoms with Crippen LogP contribution in [0.2, 0.25) is 5.02 Å². The first kappa shape index (κ1) is 13.3. The molecule has 1 heterocycles. The van der Waals surface area contributed by atoms with Crippen LogP contribution >= 0.6 is 11.6 Å². The van der Waals surface area contributed by atoms with E-state index >= 15 is 0 Å². The smallest absolute Gasteiger partial charge is 0.205 e. The van der Waals surface area contributed by atoms with Gasteiger partial charge in [0.05, 0.1) is 5.92 Å². The molecular formula is C16H11ClN2O2. The maximum absolute atomic E-state index is 9.58. The molecule has 0 radical (unpaired) electrons. The number of aromatic hydroxyl groups is 1. The molecule has 0 spiro atoms. The van der Waals surface area contributed by atoms with Crippen molar-refractivity contribution in [1.29, 1.82) is 5.26 Å². The van der Waals surface area contributed by atoms with Crippen molar-refractivity contribution in [3.63, 3.8) is 0 Å². The lowest BCUT2D eigenvalue weighted by Gasteiger charge is -2.26. The monoisotopic (exact) mass is 298 g/mol. The molecule has 0 saturated heterocycles. The summed E-state index contributed by atoms with van der Waals surface area (Å²) < 4.78 is 5.44. The molecule has 1 aliphatic rings. The number of fused-ring (bicyclic) bond motifs is 1. The molecule has 1 atom stereocenters. The van der Waals surface area contributed by atoms with Crippen molar-refractivity contribution in [2.45, 2.75) is 5.92 Å². The second-order valence-corrected chi connectivity index (χ2v) is 5.14. The van der Waals surface area contributed by atoms with E-state index in [0.717, 1.165) is 11.1 Å². The van der Waals surface area contributed by atoms with E-state index in [9.17, 15) is 10.4 Å². The maximum atomic E-state index is 9.58. The Labute approximate surface area is 126 Å². The highest BCUT2D eigenvalue weighted by Crippen LogP contribution is 2.43. The lowest BCUT2D eigenvalue weighted by molar-refractivity contribution is 0.388. The highest BCUT2D eigenvalue weighted by molar-refractivity contribution is 6.30. The standard InChI is InChI=1S/C16H11ClN2O2/c17-10-3-1-2-9(6-10)15-12-5-4-11(20)7-14(12)21-16(19)13(15)8-18/h1-7,15,20H,19H2/t15-/m1/s1. The minimum absolute atomic E-state index is 0.0422. The fourth-order valence-corrected chi connectivity index (χ4v) is 2.67. The van der Waals surface area contributed by atoms with Crippen LogP contribution in [0.15, 0.2) is 53.9 Å². The van der Waals surface area contributed by atoms with E-state index in [2.05, 4.69) is 6.07 Å². The zero-order valence-corrected chi connectivity index (χ0v) is 11.6. The normalized spacial score (nSPS) is 16.9. The number of benzene rings is 2. The third-order valence-electron chi connectivity index (χ3n) is 3.38. The van der Waals surface area contributed by atoms with Gasteiger partial charge in [-0.15, -0.1) is 0 Å². The maximum Gasteiger partial charge on any atom is 0.205 e. The summed E-state index contributed by atoms with van der Waals surface area (Å²) >= 11 is 6.04. The van der Waals surface area contributed by atoms with Crippen molar-refractivity contribution in [1.82, 2.24) is 0 Å². The van der Waals surface area contributed by atoms with Gasteiger partial charge in [0.1, 0.15) is 23.1 Å². The molecule has 0 fully saturated rings. The highest BCUT2D eigenvalue weighted by atomic mass is 35.5. The van der Waals surface area contributed by atoms with E-state index in [0.29, 0.717) is 16.3 Å². The molecule has 5 heteroatoms. The molecule has 2 aromatic rings. The number of halogens is 1. The number of allylic oxidation sites excluding steroid dienone is 1. The number of hydrogen-bond acceptors (Lipinski definition) is 4. The van der Waals surface area contributed by atoms with Crippen LogP contribution in [0.5, 0.6) is 11.5 Å². The summed E-state index contributed by atoms with van der Waals surface area (Å²) in [7, 11) is 0. The number of nitriles is 1. The van der Waals surface area contributed by atoms with Crippen LogP contribution in [0.1, 0.15) is 17.0 Å². The highest BCUT2D eigenvalue weighted by Gasteiger charge is 2.30. The molecule has 104 valence electrons. The second kappa shape index (κ2) is 5.04. The van der Waals surface area contributed by atoms with Crippen LogP contribution in [0.25, 0.3) is 0 Å². The van der Waals surface area contributed by atoms with Crippen molar-refractivity contribution < 1.29 is 9.84 Å². The van der Waals surface area contributed by atoms with Crippen molar-refractivity contribution in [3.05, 3.63) is 70.1 Å². The van der Waals surface area contributed by atoms with Gasteiger partial charge in [-0.3, -0.25) is 0 Å². The SMILES string of the molecule is N#CC1=C(N)Oc2cc(O)ccc2[C@H]1c1cccc(Cl)c1. The van der Waals surface area contributed by atoms with Crippen molar-refractivity contribution >= 4 is 11.6 Å². The third-order valence-corrected chi connectivity index (χ3v) is 3.62. The topological polar surface area (TPSA) is 79.3 Å². The predicted molar refractivity (Wildman–Crippen MR) is 78.9 cm³/mol. The van der Waals surface area contributed by atoms with Gasteiger partial charge in [-0.25, -0.2) is 0 Å². The first-order valence-corrected chi connectivity index (χ1v) is 6.64. The van der Waals surface area contributed by atoms with Crippen LogP contribution in [-0.4, -0.2) is 5.11 Å². The van der Waals surface area contributed by atoms with Crippen molar-refractivity contribution in [2.24, 2.45) is 5.73 Å². The molecule has 3 N–H and O–H groups in total. The molecule has 0 bridgehead atoms. The van der Waals surface area contributed by atoms with Gasteiger partial charge in [0, 0.05) is 16.7 Å². The largest absolute Gasteiger partial charge is 0.508 e. The molecular weight excluding hydrogens is 288 g/mol. The number of rotatable bonds is 1. The zero-order valence-electron chi connectivity index (χ0n) is 10.9. The Morgan fingerprint density at radius 1 is 1.24 bits per heavy atom. The van der Waals surface area contributed by atoms with Gasteiger partial charge in [-0.1, -0.05) is 29.8 Å². The Hall–Kier alpha value is -2.64.